The fourth-order valence-corrected chi connectivity index (χ4v) is 3.34. The highest BCUT2D eigenvalue weighted by Gasteiger charge is 2.09. The molecule has 0 bridgehead atoms. The second-order valence-electron chi connectivity index (χ2n) is 8.02. The molecule has 0 atom stereocenters. The van der Waals surface area contributed by atoms with Gasteiger partial charge in [0.25, 0.3) is 0 Å². The summed E-state index contributed by atoms with van der Waals surface area (Å²) in [4.78, 5) is 46.6. The molecule has 8 nitrogen and oxygen atoms in total. The Labute approximate surface area is 211 Å². The van der Waals surface area contributed by atoms with Crippen molar-refractivity contribution in [2.24, 2.45) is 0 Å². The van der Waals surface area contributed by atoms with Gasteiger partial charge in [-0.3, -0.25) is 19.2 Å². The summed E-state index contributed by atoms with van der Waals surface area (Å²) in [6.07, 6.45) is 3.32. The Morgan fingerprint density at radius 3 is 1.11 bits per heavy atom. The zero-order valence-electron chi connectivity index (χ0n) is 21.0. The van der Waals surface area contributed by atoms with Crippen LogP contribution in [0.25, 0.3) is 11.1 Å². The molecule has 0 aliphatic rings. The van der Waals surface area contributed by atoms with Crippen molar-refractivity contribution in [1.29, 1.82) is 0 Å². The molecule has 36 heavy (non-hydrogen) atoms. The van der Waals surface area contributed by atoms with Crippen molar-refractivity contribution in [3.8, 4) is 22.6 Å². The average Bonchev–Trinajstić information content (AvgIpc) is 2.86. The molecule has 0 radical (unpaired) electrons. The minimum atomic E-state index is -0.348. The first-order chi connectivity index (χ1) is 17.4. The lowest BCUT2D eigenvalue weighted by Crippen LogP contribution is -2.08. The molecule has 0 spiro atoms. The topological polar surface area (TPSA) is 105 Å². The number of hydrogen-bond acceptors (Lipinski definition) is 8. The van der Waals surface area contributed by atoms with E-state index >= 15 is 0 Å². The van der Waals surface area contributed by atoms with Gasteiger partial charge in [0, 0.05) is 25.7 Å². The Balaban J connectivity index is 1.73. The van der Waals surface area contributed by atoms with Crippen LogP contribution in [0.1, 0.15) is 65.2 Å². The highest BCUT2D eigenvalue weighted by Crippen LogP contribution is 2.25. The third-order valence-corrected chi connectivity index (χ3v) is 5.14. The lowest BCUT2D eigenvalue weighted by Gasteiger charge is -2.08. The van der Waals surface area contributed by atoms with E-state index in [1.54, 1.807) is 38.1 Å². The van der Waals surface area contributed by atoms with Gasteiger partial charge in [0.05, 0.1) is 13.2 Å². The van der Waals surface area contributed by atoms with Crippen LogP contribution in [0.5, 0.6) is 11.5 Å². The van der Waals surface area contributed by atoms with Crippen LogP contribution in [0.4, 0.5) is 0 Å². The number of hydrogen-bond donors (Lipinski definition) is 0. The zero-order chi connectivity index (χ0) is 26.2. The molecule has 0 aromatic heterocycles. The Morgan fingerprint density at radius 2 is 0.806 bits per heavy atom. The van der Waals surface area contributed by atoms with Crippen molar-refractivity contribution in [2.75, 3.05) is 13.2 Å². The van der Waals surface area contributed by atoms with Crippen LogP contribution >= 0.6 is 0 Å². The van der Waals surface area contributed by atoms with Crippen LogP contribution in [-0.2, 0) is 28.7 Å². The minimum Gasteiger partial charge on any atom is -0.466 e. The van der Waals surface area contributed by atoms with Gasteiger partial charge < -0.3 is 18.9 Å². The second-order valence-corrected chi connectivity index (χ2v) is 8.02. The van der Waals surface area contributed by atoms with Crippen LogP contribution in [0.15, 0.2) is 48.5 Å². The van der Waals surface area contributed by atoms with Gasteiger partial charge in [-0.2, -0.15) is 0 Å². The second kappa shape index (κ2) is 16.1. The van der Waals surface area contributed by atoms with Gasteiger partial charge in [0.2, 0.25) is 0 Å². The van der Waals surface area contributed by atoms with E-state index in [1.165, 1.54) is 0 Å². The van der Waals surface area contributed by atoms with E-state index in [4.69, 9.17) is 18.9 Å². The number of carbonyl (C=O) groups excluding carboxylic acids is 4. The van der Waals surface area contributed by atoms with E-state index in [9.17, 15) is 19.2 Å². The molecule has 194 valence electrons. The summed E-state index contributed by atoms with van der Waals surface area (Å²) < 4.78 is 20.4. The molecule has 2 aromatic carbocycles. The van der Waals surface area contributed by atoms with Crippen molar-refractivity contribution >= 4 is 23.9 Å². The maximum atomic E-state index is 12.0. The maximum Gasteiger partial charge on any atom is 0.311 e. The molecule has 8 heteroatoms. The molecule has 0 aliphatic carbocycles. The predicted molar refractivity (Wildman–Crippen MR) is 133 cm³/mol. The summed E-state index contributed by atoms with van der Waals surface area (Å²) in [7, 11) is 0. The zero-order valence-corrected chi connectivity index (χ0v) is 21.0. The summed E-state index contributed by atoms with van der Waals surface area (Å²) >= 11 is 0. The van der Waals surface area contributed by atoms with E-state index in [1.807, 2.05) is 24.3 Å². The van der Waals surface area contributed by atoms with Crippen molar-refractivity contribution in [3.05, 3.63) is 48.5 Å². The van der Waals surface area contributed by atoms with Crippen LogP contribution in [-0.4, -0.2) is 37.1 Å². The number of benzene rings is 2. The summed E-state index contributed by atoms with van der Waals surface area (Å²) in [6, 6.07) is 14.2. The van der Waals surface area contributed by atoms with E-state index in [0.29, 0.717) is 63.2 Å². The summed E-state index contributed by atoms with van der Waals surface area (Å²) in [5.74, 6) is -0.311. The van der Waals surface area contributed by atoms with Gasteiger partial charge in [-0.05, 0) is 74.9 Å². The summed E-state index contributed by atoms with van der Waals surface area (Å²) in [5, 5.41) is 0. The first-order valence-electron chi connectivity index (χ1n) is 12.3. The quantitative estimate of drug-likeness (QED) is 0.182. The van der Waals surface area contributed by atoms with Gasteiger partial charge in [-0.15, -0.1) is 0 Å². The molecule has 0 unspecified atom stereocenters. The van der Waals surface area contributed by atoms with Gasteiger partial charge >= 0.3 is 23.9 Å². The van der Waals surface area contributed by atoms with E-state index in [-0.39, 0.29) is 36.7 Å². The molecule has 0 heterocycles. The number of carbonyl (C=O) groups is 4. The molecule has 0 N–H and O–H groups in total. The molecule has 2 rings (SSSR count). The van der Waals surface area contributed by atoms with Gasteiger partial charge in [-0.25, -0.2) is 0 Å². The standard InChI is InChI=1S/C28H34O8/c1-3-33-25(29)9-5-7-11-27(31)35-23-17-13-21(14-18-23)22-15-19-24(20-16-22)36-28(32)12-8-6-10-26(30)34-4-2/h13-20H,3-12H2,1-2H3. The van der Waals surface area contributed by atoms with Crippen molar-refractivity contribution in [1.82, 2.24) is 0 Å². The average molecular weight is 499 g/mol. The number of ether oxygens (including phenoxy) is 4. The molecule has 0 aliphatic heterocycles. The van der Waals surface area contributed by atoms with Crippen molar-refractivity contribution in [2.45, 2.75) is 65.2 Å². The first kappa shape index (κ1) is 28.6. The van der Waals surface area contributed by atoms with Crippen LogP contribution in [0.3, 0.4) is 0 Å². The van der Waals surface area contributed by atoms with E-state index in [0.717, 1.165) is 11.1 Å². The normalized spacial score (nSPS) is 10.4. The predicted octanol–water partition coefficient (Wildman–Crippen LogP) is 5.41. The molecule has 0 saturated carbocycles. The molecular weight excluding hydrogens is 464 g/mol. The Bertz CT molecular complexity index is 898. The van der Waals surface area contributed by atoms with Crippen LogP contribution in [0.2, 0.25) is 0 Å². The SMILES string of the molecule is CCOC(=O)CCCCC(=O)Oc1ccc(-c2ccc(OC(=O)CCCCC(=O)OCC)cc2)cc1. The molecule has 0 saturated heterocycles. The van der Waals surface area contributed by atoms with Gasteiger partial charge in [-0.1, -0.05) is 24.3 Å². The molecule has 2 aromatic rings. The fourth-order valence-electron chi connectivity index (χ4n) is 3.34. The van der Waals surface area contributed by atoms with Crippen molar-refractivity contribution < 1.29 is 38.1 Å². The monoisotopic (exact) mass is 498 g/mol. The molecule has 0 amide bonds. The van der Waals surface area contributed by atoms with E-state index in [2.05, 4.69) is 0 Å². The molecular formula is C28H34O8. The summed E-state index contributed by atoms with van der Waals surface area (Å²) in [5.41, 5.74) is 1.84. The van der Waals surface area contributed by atoms with Crippen LogP contribution in [0, 0.1) is 0 Å². The fraction of sp³-hybridized carbons (Fsp3) is 0.429. The first-order valence-corrected chi connectivity index (χ1v) is 12.3. The molecule has 0 fully saturated rings. The largest absolute Gasteiger partial charge is 0.466 e. The highest BCUT2D eigenvalue weighted by molar-refractivity contribution is 5.74. The van der Waals surface area contributed by atoms with Crippen molar-refractivity contribution in [3.63, 3.8) is 0 Å². The third-order valence-electron chi connectivity index (χ3n) is 5.14. The number of rotatable bonds is 15. The Kier molecular flexibility index (Phi) is 12.8. The number of unbranched alkanes of at least 4 members (excludes halogenated alkanes) is 2. The summed E-state index contributed by atoms with van der Waals surface area (Å²) in [6.45, 7) is 4.23. The van der Waals surface area contributed by atoms with Gasteiger partial charge in [0.15, 0.2) is 0 Å². The third kappa shape index (κ3) is 11.2. The Hall–Kier alpha value is -3.68. The van der Waals surface area contributed by atoms with Gasteiger partial charge in [0.1, 0.15) is 11.5 Å². The maximum absolute atomic E-state index is 12.0. The minimum absolute atomic E-state index is 0.229. The smallest absolute Gasteiger partial charge is 0.311 e. The number of esters is 4. The lowest BCUT2D eigenvalue weighted by atomic mass is 10.1. The lowest BCUT2D eigenvalue weighted by molar-refractivity contribution is -0.144. The highest BCUT2D eigenvalue weighted by atomic mass is 16.5. The Morgan fingerprint density at radius 1 is 0.500 bits per heavy atom. The van der Waals surface area contributed by atoms with Crippen LogP contribution < -0.4 is 9.47 Å². The van der Waals surface area contributed by atoms with E-state index < -0.39 is 0 Å².